The molecule has 5 heteroatoms. The highest BCUT2D eigenvalue weighted by Gasteiger charge is 2.28. The lowest BCUT2D eigenvalue weighted by Crippen LogP contribution is -2.30. The second-order valence-electron chi connectivity index (χ2n) is 3.66. The molecule has 1 aliphatic heterocycles. The lowest BCUT2D eigenvalue weighted by atomic mass is 10.1. The molecule has 0 bridgehead atoms. The molecule has 0 aliphatic carbocycles. The first-order valence-corrected chi connectivity index (χ1v) is 4.92. The van der Waals surface area contributed by atoms with Gasteiger partial charge in [0, 0.05) is 0 Å². The van der Waals surface area contributed by atoms with E-state index in [2.05, 4.69) is 5.32 Å². The Balaban J connectivity index is 2.24. The molecule has 1 aromatic rings. The second-order valence-corrected chi connectivity index (χ2v) is 3.66. The molecule has 0 saturated carbocycles. The van der Waals surface area contributed by atoms with Crippen molar-refractivity contribution in [1.82, 2.24) is 10.2 Å². The van der Waals surface area contributed by atoms with Crippen LogP contribution in [-0.2, 0) is 11.3 Å². The molecule has 0 spiro atoms. The van der Waals surface area contributed by atoms with Crippen molar-refractivity contribution in [2.24, 2.45) is 0 Å². The number of nitrogens with one attached hydrogen (secondary N) is 1. The van der Waals surface area contributed by atoms with Crippen LogP contribution in [0.1, 0.15) is 11.1 Å². The highest BCUT2D eigenvalue weighted by Crippen LogP contribution is 2.15. The maximum absolute atomic E-state index is 13.2. The Hall–Kier alpha value is -1.91. The van der Waals surface area contributed by atoms with Crippen molar-refractivity contribution in [3.05, 3.63) is 35.1 Å². The van der Waals surface area contributed by atoms with Crippen molar-refractivity contribution in [2.45, 2.75) is 13.5 Å². The Morgan fingerprint density at radius 2 is 2.19 bits per heavy atom. The molecule has 0 radical (unpaired) electrons. The van der Waals surface area contributed by atoms with Crippen LogP contribution in [0.2, 0.25) is 0 Å². The molecule has 3 amide bonds. The van der Waals surface area contributed by atoms with Crippen molar-refractivity contribution in [1.29, 1.82) is 0 Å². The molecule has 1 saturated heterocycles. The largest absolute Gasteiger partial charge is 0.329 e. The van der Waals surface area contributed by atoms with Gasteiger partial charge in [-0.05, 0) is 24.1 Å². The average Bonchev–Trinajstić information content (AvgIpc) is 2.56. The first kappa shape index (κ1) is 10.6. The zero-order valence-corrected chi connectivity index (χ0v) is 8.79. The molecule has 84 valence electrons. The van der Waals surface area contributed by atoms with Gasteiger partial charge in [0.05, 0.1) is 13.1 Å². The summed E-state index contributed by atoms with van der Waals surface area (Å²) in [4.78, 5) is 23.7. The quantitative estimate of drug-likeness (QED) is 0.764. The Morgan fingerprint density at radius 3 is 2.81 bits per heavy atom. The van der Waals surface area contributed by atoms with Gasteiger partial charge in [-0.2, -0.15) is 0 Å². The lowest BCUT2D eigenvalue weighted by Gasteiger charge is -2.14. The molecule has 1 fully saturated rings. The van der Waals surface area contributed by atoms with Crippen LogP contribution >= 0.6 is 0 Å². The van der Waals surface area contributed by atoms with Crippen molar-refractivity contribution in [3.8, 4) is 0 Å². The summed E-state index contributed by atoms with van der Waals surface area (Å²) in [5, 5.41) is 2.42. The number of nitrogens with zero attached hydrogens (tertiary/aromatic N) is 1. The lowest BCUT2D eigenvalue weighted by molar-refractivity contribution is -0.125. The van der Waals surface area contributed by atoms with Crippen LogP contribution in [0.25, 0.3) is 0 Å². The summed E-state index contributed by atoms with van der Waals surface area (Å²) in [5.41, 5.74) is 1.11. The van der Waals surface area contributed by atoms with Gasteiger partial charge in [-0.15, -0.1) is 0 Å². The summed E-state index contributed by atoms with van der Waals surface area (Å²) in [6.07, 6.45) is 0. The van der Waals surface area contributed by atoms with Gasteiger partial charge < -0.3 is 5.32 Å². The van der Waals surface area contributed by atoms with E-state index in [0.717, 1.165) is 4.90 Å². The second kappa shape index (κ2) is 3.92. The number of rotatable bonds is 2. The smallest absolute Gasteiger partial charge is 0.324 e. The maximum atomic E-state index is 13.2. The third-order valence-electron chi connectivity index (χ3n) is 2.65. The number of amides is 3. The minimum absolute atomic E-state index is 0.0210. The van der Waals surface area contributed by atoms with E-state index in [1.807, 2.05) is 0 Å². The summed E-state index contributed by atoms with van der Waals surface area (Å²) in [7, 11) is 0. The van der Waals surface area contributed by atoms with E-state index in [9.17, 15) is 14.0 Å². The number of urea groups is 1. The molecule has 2 rings (SSSR count). The predicted octanol–water partition coefficient (Wildman–Crippen LogP) is 1.19. The Morgan fingerprint density at radius 1 is 1.44 bits per heavy atom. The van der Waals surface area contributed by atoms with Gasteiger partial charge >= 0.3 is 6.03 Å². The molecule has 1 N–H and O–H groups in total. The predicted molar refractivity (Wildman–Crippen MR) is 55.1 cm³/mol. The van der Waals surface area contributed by atoms with Crippen LogP contribution in [0.4, 0.5) is 9.18 Å². The fourth-order valence-electron chi connectivity index (χ4n) is 1.61. The van der Waals surface area contributed by atoms with Crippen LogP contribution < -0.4 is 5.32 Å². The first-order valence-electron chi connectivity index (χ1n) is 4.92. The molecule has 0 unspecified atom stereocenters. The van der Waals surface area contributed by atoms with Gasteiger partial charge in [-0.25, -0.2) is 9.18 Å². The Kier molecular flexibility index (Phi) is 2.60. The molecule has 1 aliphatic rings. The molecule has 1 heterocycles. The SMILES string of the molecule is Cc1c(F)cccc1CN1C(=O)CNC1=O. The van der Waals surface area contributed by atoms with E-state index in [1.165, 1.54) is 6.07 Å². The average molecular weight is 222 g/mol. The molecule has 1 aromatic carbocycles. The zero-order chi connectivity index (χ0) is 11.7. The molecular weight excluding hydrogens is 211 g/mol. The van der Waals surface area contributed by atoms with Gasteiger partial charge in [0.15, 0.2) is 0 Å². The summed E-state index contributed by atoms with van der Waals surface area (Å²) in [5.74, 6) is -0.613. The van der Waals surface area contributed by atoms with Crippen LogP contribution in [0.5, 0.6) is 0 Å². The van der Waals surface area contributed by atoms with E-state index >= 15 is 0 Å². The molecule has 16 heavy (non-hydrogen) atoms. The fraction of sp³-hybridized carbons (Fsp3) is 0.273. The summed E-state index contributed by atoms with van der Waals surface area (Å²) in [6.45, 7) is 1.77. The van der Waals surface area contributed by atoms with Crippen molar-refractivity contribution in [2.75, 3.05) is 6.54 Å². The monoisotopic (exact) mass is 222 g/mol. The van der Waals surface area contributed by atoms with Crippen LogP contribution in [0.15, 0.2) is 18.2 Å². The minimum Gasteiger partial charge on any atom is -0.329 e. The topological polar surface area (TPSA) is 49.4 Å². The number of imide groups is 1. The van der Waals surface area contributed by atoms with E-state index in [-0.39, 0.29) is 24.8 Å². The number of hydrogen-bond donors (Lipinski definition) is 1. The number of carbonyl (C=O) groups excluding carboxylic acids is 2. The fourth-order valence-corrected chi connectivity index (χ4v) is 1.61. The van der Waals surface area contributed by atoms with Crippen molar-refractivity contribution >= 4 is 11.9 Å². The molecule has 0 atom stereocenters. The third kappa shape index (κ3) is 1.76. The summed E-state index contributed by atoms with van der Waals surface area (Å²) >= 11 is 0. The molecule has 0 aromatic heterocycles. The van der Waals surface area contributed by atoms with Gasteiger partial charge in [-0.3, -0.25) is 9.69 Å². The number of hydrogen-bond acceptors (Lipinski definition) is 2. The number of benzene rings is 1. The maximum Gasteiger partial charge on any atom is 0.324 e. The zero-order valence-electron chi connectivity index (χ0n) is 8.79. The van der Waals surface area contributed by atoms with Gasteiger partial charge in [-0.1, -0.05) is 12.1 Å². The van der Waals surface area contributed by atoms with E-state index < -0.39 is 6.03 Å². The normalized spacial score (nSPS) is 15.5. The van der Waals surface area contributed by atoms with Gasteiger partial charge in [0.25, 0.3) is 0 Å². The van der Waals surface area contributed by atoms with Gasteiger partial charge in [0.1, 0.15) is 5.82 Å². The van der Waals surface area contributed by atoms with Crippen LogP contribution in [-0.4, -0.2) is 23.4 Å². The van der Waals surface area contributed by atoms with Crippen molar-refractivity contribution < 1.29 is 14.0 Å². The van der Waals surface area contributed by atoms with E-state index in [0.29, 0.717) is 11.1 Å². The number of halogens is 1. The van der Waals surface area contributed by atoms with Crippen LogP contribution in [0.3, 0.4) is 0 Å². The number of carbonyl (C=O) groups is 2. The standard InChI is InChI=1S/C11H11FN2O2/c1-7-8(3-2-4-9(7)12)6-14-10(15)5-13-11(14)16/h2-4H,5-6H2,1H3,(H,13,16). The first-order chi connectivity index (χ1) is 7.59. The summed E-state index contributed by atoms with van der Waals surface area (Å²) in [6, 6.07) is 4.20. The van der Waals surface area contributed by atoms with Gasteiger partial charge in [0.2, 0.25) is 5.91 Å². The third-order valence-corrected chi connectivity index (χ3v) is 2.65. The van der Waals surface area contributed by atoms with E-state index in [4.69, 9.17) is 0 Å². The van der Waals surface area contributed by atoms with E-state index in [1.54, 1.807) is 19.1 Å². The molecule has 4 nitrogen and oxygen atoms in total. The molecular formula is C11H11FN2O2. The highest BCUT2D eigenvalue weighted by molar-refractivity contribution is 6.01. The summed E-state index contributed by atoms with van der Waals surface area (Å²) < 4.78 is 13.2. The van der Waals surface area contributed by atoms with Crippen molar-refractivity contribution in [3.63, 3.8) is 0 Å². The highest BCUT2D eigenvalue weighted by atomic mass is 19.1. The van der Waals surface area contributed by atoms with Crippen LogP contribution in [0, 0.1) is 12.7 Å². The Bertz CT molecular complexity index is 443. The minimum atomic E-state index is -0.423. The Labute approximate surface area is 92.0 Å².